The molecule has 0 aliphatic rings. The zero-order chi connectivity index (χ0) is 13.9. The Kier molecular flexibility index (Phi) is 3.46. The number of alkyl halides is 3. The van der Waals surface area contributed by atoms with Crippen molar-refractivity contribution in [2.45, 2.75) is 6.18 Å². The second kappa shape index (κ2) is 5.05. The van der Waals surface area contributed by atoms with Gasteiger partial charge in [-0.1, -0.05) is 17.3 Å². The van der Waals surface area contributed by atoms with Crippen molar-refractivity contribution in [2.24, 2.45) is 5.16 Å². The normalized spacial score (nSPS) is 12.5. The van der Waals surface area contributed by atoms with Crippen LogP contribution in [0.2, 0.25) is 0 Å². The summed E-state index contributed by atoms with van der Waals surface area (Å²) >= 11 is 0. The smallest absolute Gasteiger partial charge is 0.410 e. The molecule has 0 aliphatic heterocycles. The number of aromatic nitrogens is 2. The fourth-order valence-corrected chi connectivity index (χ4v) is 1.50. The first-order chi connectivity index (χ1) is 9.02. The van der Waals surface area contributed by atoms with Gasteiger partial charge in [0.05, 0.1) is 5.56 Å². The van der Waals surface area contributed by atoms with Crippen LogP contribution in [0.4, 0.5) is 13.2 Å². The molecular weight excluding hydrogens is 259 g/mol. The lowest BCUT2D eigenvalue weighted by atomic mass is 10.1. The summed E-state index contributed by atoms with van der Waals surface area (Å²) in [7, 11) is 0. The molecule has 0 fully saturated rings. The molecule has 0 amide bonds. The predicted molar refractivity (Wildman–Crippen MR) is 60.9 cm³/mol. The number of benzene rings is 1. The molecule has 0 aliphatic carbocycles. The fraction of sp³-hybridized carbons (Fsp3) is 0.0833. The topological polar surface area (TPSA) is 58.4 Å². The maximum atomic E-state index is 12.6. The highest BCUT2D eigenvalue weighted by Crippen LogP contribution is 2.29. The Morgan fingerprint density at radius 3 is 2.37 bits per heavy atom. The van der Waals surface area contributed by atoms with E-state index in [1.54, 1.807) is 6.07 Å². The average Bonchev–Trinajstić information content (AvgIpc) is 2.40. The molecule has 0 saturated heterocycles. The third kappa shape index (κ3) is 2.87. The third-order valence-corrected chi connectivity index (χ3v) is 2.34. The summed E-state index contributed by atoms with van der Waals surface area (Å²) in [4.78, 5) is 7.67. The van der Waals surface area contributed by atoms with E-state index in [1.807, 2.05) is 0 Å². The molecule has 4 nitrogen and oxygen atoms in total. The zero-order valence-electron chi connectivity index (χ0n) is 9.46. The van der Waals surface area contributed by atoms with E-state index in [4.69, 9.17) is 5.21 Å². The van der Waals surface area contributed by atoms with Crippen LogP contribution in [0, 0.1) is 0 Å². The van der Waals surface area contributed by atoms with Gasteiger partial charge in [-0.25, -0.2) is 9.97 Å². The largest absolute Gasteiger partial charge is 0.416 e. The summed E-state index contributed by atoms with van der Waals surface area (Å²) in [5.74, 6) is 0.0457. The highest BCUT2D eigenvalue weighted by molar-refractivity contribution is 6.10. The summed E-state index contributed by atoms with van der Waals surface area (Å²) < 4.78 is 37.8. The Hall–Kier alpha value is -2.44. The van der Waals surface area contributed by atoms with Gasteiger partial charge in [-0.05, 0) is 18.2 Å². The van der Waals surface area contributed by atoms with E-state index >= 15 is 0 Å². The summed E-state index contributed by atoms with van der Waals surface area (Å²) in [6.45, 7) is 0. The van der Waals surface area contributed by atoms with Gasteiger partial charge >= 0.3 is 6.18 Å². The lowest BCUT2D eigenvalue weighted by Gasteiger charge is -2.08. The first-order valence-corrected chi connectivity index (χ1v) is 5.19. The molecule has 0 spiro atoms. The molecule has 1 aromatic carbocycles. The van der Waals surface area contributed by atoms with Gasteiger partial charge < -0.3 is 5.21 Å². The minimum Gasteiger partial charge on any atom is -0.410 e. The van der Waals surface area contributed by atoms with E-state index in [1.165, 1.54) is 24.5 Å². The molecule has 7 heteroatoms. The van der Waals surface area contributed by atoms with Gasteiger partial charge in [0.1, 0.15) is 0 Å². The maximum absolute atomic E-state index is 12.6. The molecule has 1 heterocycles. The molecule has 0 unspecified atom stereocenters. The van der Waals surface area contributed by atoms with Crippen molar-refractivity contribution in [3.63, 3.8) is 0 Å². The van der Waals surface area contributed by atoms with Crippen LogP contribution in [-0.4, -0.2) is 20.9 Å². The summed E-state index contributed by atoms with van der Waals surface area (Å²) in [5.41, 5.74) is -0.864. The Bertz CT molecular complexity index is 597. The molecule has 19 heavy (non-hydrogen) atoms. The summed E-state index contributed by atoms with van der Waals surface area (Å²) in [5, 5.41) is 11.9. The molecule has 1 aromatic heterocycles. The molecule has 2 aromatic rings. The van der Waals surface area contributed by atoms with Crippen molar-refractivity contribution in [1.29, 1.82) is 0 Å². The summed E-state index contributed by atoms with van der Waals surface area (Å²) in [6.07, 6.45) is -1.66. The summed E-state index contributed by atoms with van der Waals surface area (Å²) in [6, 6.07) is 5.98. The predicted octanol–water partition coefficient (Wildman–Crippen LogP) is 2.72. The average molecular weight is 267 g/mol. The van der Waals surface area contributed by atoms with Crippen LogP contribution in [0.25, 0.3) is 0 Å². The van der Waals surface area contributed by atoms with E-state index in [2.05, 4.69) is 15.1 Å². The lowest BCUT2D eigenvalue weighted by Crippen LogP contribution is -2.11. The Labute approximate surface area is 106 Å². The number of oxime groups is 1. The standard InChI is InChI=1S/C12H8F3N3O/c13-12(14,15)9-4-1-3-8(7-9)10(18-19)11-16-5-2-6-17-11/h1-7,19H. The van der Waals surface area contributed by atoms with Crippen LogP contribution in [0.1, 0.15) is 17.0 Å². The second-order valence-electron chi connectivity index (χ2n) is 3.60. The molecule has 2 rings (SSSR count). The van der Waals surface area contributed by atoms with E-state index < -0.39 is 11.7 Å². The van der Waals surface area contributed by atoms with E-state index in [-0.39, 0.29) is 17.1 Å². The van der Waals surface area contributed by atoms with Crippen molar-refractivity contribution >= 4 is 5.71 Å². The van der Waals surface area contributed by atoms with Crippen molar-refractivity contribution in [3.8, 4) is 0 Å². The Morgan fingerprint density at radius 1 is 1.11 bits per heavy atom. The van der Waals surface area contributed by atoms with Crippen LogP contribution < -0.4 is 0 Å². The minimum absolute atomic E-state index is 0.0457. The molecule has 1 N–H and O–H groups in total. The van der Waals surface area contributed by atoms with Gasteiger partial charge in [0.2, 0.25) is 0 Å². The number of hydrogen-bond donors (Lipinski definition) is 1. The van der Waals surface area contributed by atoms with E-state index in [9.17, 15) is 13.2 Å². The van der Waals surface area contributed by atoms with Crippen LogP contribution >= 0.6 is 0 Å². The molecule has 0 saturated carbocycles. The highest BCUT2D eigenvalue weighted by atomic mass is 19.4. The number of rotatable bonds is 2. The Morgan fingerprint density at radius 2 is 1.79 bits per heavy atom. The molecular formula is C12H8F3N3O. The first-order valence-electron chi connectivity index (χ1n) is 5.19. The molecule has 98 valence electrons. The first kappa shape index (κ1) is 13.0. The van der Waals surface area contributed by atoms with Gasteiger partial charge in [0, 0.05) is 18.0 Å². The Balaban J connectivity index is 2.47. The van der Waals surface area contributed by atoms with Crippen molar-refractivity contribution < 1.29 is 18.4 Å². The van der Waals surface area contributed by atoms with Crippen LogP contribution in [0.3, 0.4) is 0 Å². The quantitative estimate of drug-likeness (QED) is 0.517. The van der Waals surface area contributed by atoms with Crippen LogP contribution in [-0.2, 0) is 6.18 Å². The highest BCUT2D eigenvalue weighted by Gasteiger charge is 2.31. The van der Waals surface area contributed by atoms with Gasteiger partial charge in [0.25, 0.3) is 0 Å². The van der Waals surface area contributed by atoms with Crippen molar-refractivity contribution in [2.75, 3.05) is 0 Å². The molecule has 0 radical (unpaired) electrons. The molecule has 0 bridgehead atoms. The van der Waals surface area contributed by atoms with Crippen LogP contribution in [0.5, 0.6) is 0 Å². The minimum atomic E-state index is -4.46. The van der Waals surface area contributed by atoms with Crippen molar-refractivity contribution in [1.82, 2.24) is 9.97 Å². The monoisotopic (exact) mass is 267 g/mol. The lowest BCUT2D eigenvalue weighted by molar-refractivity contribution is -0.137. The third-order valence-electron chi connectivity index (χ3n) is 2.34. The number of hydrogen-bond acceptors (Lipinski definition) is 4. The second-order valence-corrected chi connectivity index (χ2v) is 3.60. The zero-order valence-corrected chi connectivity index (χ0v) is 9.46. The van der Waals surface area contributed by atoms with E-state index in [0.717, 1.165) is 12.1 Å². The molecule has 0 atom stereocenters. The number of halogens is 3. The van der Waals surface area contributed by atoms with Crippen LogP contribution in [0.15, 0.2) is 47.9 Å². The van der Waals surface area contributed by atoms with Crippen molar-refractivity contribution in [3.05, 3.63) is 59.7 Å². The number of nitrogens with zero attached hydrogens (tertiary/aromatic N) is 3. The van der Waals surface area contributed by atoms with Gasteiger partial charge in [-0.2, -0.15) is 13.2 Å². The van der Waals surface area contributed by atoms with Gasteiger partial charge in [-0.3, -0.25) is 0 Å². The van der Waals surface area contributed by atoms with Gasteiger partial charge in [-0.15, -0.1) is 0 Å². The fourth-order valence-electron chi connectivity index (χ4n) is 1.50. The van der Waals surface area contributed by atoms with E-state index in [0.29, 0.717) is 0 Å². The van der Waals surface area contributed by atoms with Gasteiger partial charge in [0.15, 0.2) is 11.5 Å². The SMILES string of the molecule is ON=C(c1cccc(C(F)(F)F)c1)c1ncccn1. The maximum Gasteiger partial charge on any atom is 0.416 e.